The van der Waals surface area contributed by atoms with Gasteiger partial charge in [-0.1, -0.05) is 32.4 Å². The molecule has 2 atom stereocenters. The molecule has 1 N–H and O–H groups in total. The topological polar surface area (TPSA) is 111 Å². The van der Waals surface area contributed by atoms with Gasteiger partial charge < -0.3 is 0 Å². The first kappa shape index (κ1) is 18.6. The molecule has 0 fully saturated rings. The number of nitro groups is 2. The zero-order valence-electron chi connectivity index (χ0n) is 14.5. The number of benzene rings is 1. The molecule has 1 aromatic carbocycles. The van der Waals surface area contributed by atoms with Crippen LogP contribution in [0.2, 0.25) is 0 Å². The molecule has 0 spiro atoms. The van der Waals surface area contributed by atoms with Crippen LogP contribution in [0.3, 0.4) is 0 Å². The van der Waals surface area contributed by atoms with Gasteiger partial charge in [0.1, 0.15) is 5.69 Å². The Hall–Kier alpha value is -2.77. The summed E-state index contributed by atoms with van der Waals surface area (Å²) in [6.45, 7) is 6.53. The highest BCUT2D eigenvalue weighted by Gasteiger charge is 2.22. The molecular formula is C17H22N4O4. The summed E-state index contributed by atoms with van der Waals surface area (Å²) in [4.78, 5) is 20.5. The van der Waals surface area contributed by atoms with Gasteiger partial charge in [-0.3, -0.25) is 25.7 Å². The summed E-state index contributed by atoms with van der Waals surface area (Å²) >= 11 is 0. The number of hydrazone groups is 1. The van der Waals surface area contributed by atoms with E-state index in [-0.39, 0.29) is 23.0 Å². The minimum Gasteiger partial charge on any atom is -0.272 e. The number of rotatable bonds is 6. The first-order chi connectivity index (χ1) is 11.8. The minimum atomic E-state index is -0.664. The second kappa shape index (κ2) is 7.87. The van der Waals surface area contributed by atoms with E-state index >= 15 is 0 Å². The van der Waals surface area contributed by atoms with E-state index in [2.05, 4.69) is 37.4 Å². The Morgan fingerprint density at radius 3 is 2.56 bits per heavy atom. The predicted octanol–water partition coefficient (Wildman–Crippen LogP) is 4.53. The summed E-state index contributed by atoms with van der Waals surface area (Å²) in [6.07, 6.45) is 5.92. The monoisotopic (exact) mass is 346 g/mol. The van der Waals surface area contributed by atoms with Crippen LogP contribution in [-0.4, -0.2) is 16.1 Å². The number of nitrogens with one attached hydrogen (secondary N) is 1. The van der Waals surface area contributed by atoms with Gasteiger partial charge in [-0.2, -0.15) is 5.10 Å². The zero-order valence-corrected chi connectivity index (χ0v) is 14.5. The molecule has 1 aromatic rings. The largest absolute Gasteiger partial charge is 0.301 e. The van der Waals surface area contributed by atoms with Gasteiger partial charge in [0.25, 0.3) is 5.69 Å². The van der Waals surface area contributed by atoms with Crippen LogP contribution in [0.5, 0.6) is 0 Å². The molecule has 8 nitrogen and oxygen atoms in total. The molecule has 0 aliphatic heterocycles. The van der Waals surface area contributed by atoms with E-state index in [0.29, 0.717) is 11.8 Å². The smallest absolute Gasteiger partial charge is 0.272 e. The van der Waals surface area contributed by atoms with Crippen molar-refractivity contribution in [2.45, 2.75) is 33.6 Å². The number of nitrogens with zero attached hydrogens (tertiary/aromatic N) is 3. The van der Waals surface area contributed by atoms with Crippen LogP contribution < -0.4 is 5.43 Å². The second-order valence-electron chi connectivity index (χ2n) is 6.62. The van der Waals surface area contributed by atoms with Crippen LogP contribution in [0.25, 0.3) is 0 Å². The van der Waals surface area contributed by atoms with Gasteiger partial charge >= 0.3 is 5.69 Å². The van der Waals surface area contributed by atoms with Crippen LogP contribution in [0.4, 0.5) is 17.1 Å². The Morgan fingerprint density at radius 2 is 2.00 bits per heavy atom. The molecule has 0 bridgehead atoms. The van der Waals surface area contributed by atoms with E-state index in [4.69, 9.17) is 0 Å². The van der Waals surface area contributed by atoms with Crippen LogP contribution in [-0.2, 0) is 0 Å². The fraction of sp³-hybridized carbons (Fsp3) is 0.471. The molecule has 2 rings (SSSR count). The summed E-state index contributed by atoms with van der Waals surface area (Å²) in [5.41, 5.74) is 3.54. The maximum absolute atomic E-state index is 11.1. The minimum absolute atomic E-state index is 0.133. The van der Waals surface area contributed by atoms with E-state index in [1.54, 1.807) is 6.21 Å². The standard InChI is InChI=1S/C17H22N4O4/c1-11(2)13-4-5-14(12(3)8-13)10-18-19-16-7-6-15(20(22)23)9-17(16)21(24)25/h4,6-7,9-12,14,19H,5,8H2,1-3H3/b18-10+/t12-,14+/m0/s1. The van der Waals surface area contributed by atoms with Crippen molar-refractivity contribution in [3.8, 4) is 0 Å². The lowest BCUT2D eigenvalue weighted by atomic mass is 9.78. The second-order valence-corrected chi connectivity index (χ2v) is 6.62. The number of non-ortho nitro benzene ring substituents is 1. The van der Waals surface area contributed by atoms with E-state index in [1.807, 2.05) is 0 Å². The third-order valence-corrected chi connectivity index (χ3v) is 4.52. The number of nitro benzene ring substituents is 2. The molecule has 1 aliphatic rings. The first-order valence-electron chi connectivity index (χ1n) is 8.20. The Labute approximate surface area is 145 Å². The maximum atomic E-state index is 11.1. The molecule has 0 radical (unpaired) electrons. The number of hydrogen-bond acceptors (Lipinski definition) is 6. The van der Waals surface area contributed by atoms with Crippen molar-refractivity contribution in [2.75, 3.05) is 5.43 Å². The van der Waals surface area contributed by atoms with Crippen molar-refractivity contribution in [3.05, 3.63) is 50.1 Å². The average Bonchev–Trinajstić information content (AvgIpc) is 2.55. The summed E-state index contributed by atoms with van der Waals surface area (Å²) in [5.74, 6) is 1.24. The quantitative estimate of drug-likeness (QED) is 0.352. The van der Waals surface area contributed by atoms with Crippen LogP contribution in [0, 0.1) is 38.0 Å². The van der Waals surface area contributed by atoms with E-state index in [0.717, 1.165) is 18.9 Å². The molecule has 0 saturated heterocycles. The fourth-order valence-electron chi connectivity index (χ4n) is 2.89. The maximum Gasteiger partial charge on any atom is 0.301 e. The molecule has 0 unspecified atom stereocenters. The van der Waals surface area contributed by atoms with Crippen LogP contribution in [0.1, 0.15) is 33.6 Å². The normalized spacial score (nSPS) is 20.6. The first-order valence-corrected chi connectivity index (χ1v) is 8.20. The van der Waals surface area contributed by atoms with E-state index in [9.17, 15) is 20.2 Å². The van der Waals surface area contributed by atoms with Crippen molar-refractivity contribution >= 4 is 23.3 Å². The predicted molar refractivity (Wildman–Crippen MR) is 96.7 cm³/mol. The van der Waals surface area contributed by atoms with Gasteiger partial charge in [0.05, 0.1) is 15.9 Å². The SMILES string of the molecule is CC(C)C1=CC[C@H](/C=N/Nc2ccc([N+](=O)[O-])cc2[N+](=O)[O-])[C@@H](C)C1. The molecular weight excluding hydrogens is 324 g/mol. The van der Waals surface area contributed by atoms with Crippen molar-refractivity contribution < 1.29 is 9.85 Å². The lowest BCUT2D eigenvalue weighted by Gasteiger charge is -2.27. The van der Waals surface area contributed by atoms with Gasteiger partial charge in [0.15, 0.2) is 0 Å². The lowest BCUT2D eigenvalue weighted by molar-refractivity contribution is -0.393. The van der Waals surface area contributed by atoms with Crippen LogP contribution in [0.15, 0.2) is 34.9 Å². The average molecular weight is 346 g/mol. The summed E-state index contributed by atoms with van der Waals surface area (Å²) in [5, 5.41) is 26.0. The van der Waals surface area contributed by atoms with Gasteiger partial charge in [0, 0.05) is 18.2 Å². The lowest BCUT2D eigenvalue weighted by Crippen LogP contribution is -2.19. The third-order valence-electron chi connectivity index (χ3n) is 4.52. The fourth-order valence-corrected chi connectivity index (χ4v) is 2.89. The van der Waals surface area contributed by atoms with E-state index in [1.165, 1.54) is 17.7 Å². The van der Waals surface area contributed by atoms with Gasteiger partial charge in [-0.15, -0.1) is 0 Å². The Kier molecular flexibility index (Phi) is 5.84. The molecule has 0 heterocycles. The number of allylic oxidation sites excluding steroid dienone is 2. The number of hydrogen-bond donors (Lipinski definition) is 1. The van der Waals surface area contributed by atoms with Crippen molar-refractivity contribution in [3.63, 3.8) is 0 Å². The molecule has 134 valence electrons. The Morgan fingerprint density at radius 1 is 1.28 bits per heavy atom. The summed E-state index contributed by atoms with van der Waals surface area (Å²) in [7, 11) is 0. The van der Waals surface area contributed by atoms with Gasteiger partial charge in [0.2, 0.25) is 0 Å². The van der Waals surface area contributed by atoms with Crippen LogP contribution >= 0.6 is 0 Å². The van der Waals surface area contributed by atoms with Crippen molar-refractivity contribution in [1.29, 1.82) is 0 Å². The Balaban J connectivity index is 2.09. The summed E-state index contributed by atoms with van der Waals surface area (Å²) < 4.78 is 0. The van der Waals surface area contributed by atoms with E-state index < -0.39 is 9.85 Å². The van der Waals surface area contributed by atoms with Crippen molar-refractivity contribution in [2.24, 2.45) is 22.9 Å². The highest BCUT2D eigenvalue weighted by atomic mass is 16.6. The summed E-state index contributed by atoms with van der Waals surface area (Å²) in [6, 6.07) is 3.44. The highest BCUT2D eigenvalue weighted by Crippen LogP contribution is 2.32. The molecule has 1 aliphatic carbocycles. The molecule has 0 saturated carbocycles. The van der Waals surface area contributed by atoms with Gasteiger partial charge in [-0.05, 0) is 30.7 Å². The molecule has 25 heavy (non-hydrogen) atoms. The molecule has 8 heteroatoms. The van der Waals surface area contributed by atoms with Gasteiger partial charge in [-0.25, -0.2) is 0 Å². The number of anilines is 1. The molecule has 0 amide bonds. The zero-order chi connectivity index (χ0) is 18.6. The third kappa shape index (κ3) is 4.62. The highest BCUT2D eigenvalue weighted by molar-refractivity contribution is 5.68. The van der Waals surface area contributed by atoms with Crippen molar-refractivity contribution in [1.82, 2.24) is 0 Å². The Bertz CT molecular complexity index is 727. The molecule has 0 aromatic heterocycles.